The maximum absolute atomic E-state index is 13.3. The number of aromatic amines is 1. The van der Waals surface area contributed by atoms with Gasteiger partial charge in [0.1, 0.15) is 5.75 Å². The van der Waals surface area contributed by atoms with Crippen molar-refractivity contribution >= 4 is 10.9 Å². The second kappa shape index (κ2) is 10.8. The Labute approximate surface area is 217 Å². The first kappa shape index (κ1) is 25.1. The van der Waals surface area contributed by atoms with E-state index in [0.29, 0.717) is 19.1 Å². The van der Waals surface area contributed by atoms with E-state index in [1.807, 2.05) is 22.9 Å². The van der Waals surface area contributed by atoms with Gasteiger partial charge in [-0.15, -0.1) is 5.10 Å². The number of hydrogen-bond donors (Lipinski definition) is 1. The molecule has 0 aliphatic heterocycles. The zero-order valence-electron chi connectivity index (χ0n) is 22.2. The number of aromatic nitrogens is 5. The highest BCUT2D eigenvalue weighted by Crippen LogP contribution is 2.33. The fourth-order valence-corrected chi connectivity index (χ4v) is 5.73. The summed E-state index contributed by atoms with van der Waals surface area (Å²) in [4.78, 5) is 18.7. The molecule has 2 aromatic carbocycles. The van der Waals surface area contributed by atoms with Crippen LogP contribution in [0.2, 0.25) is 0 Å². The molecule has 1 aliphatic carbocycles. The Morgan fingerprint density at radius 2 is 1.86 bits per heavy atom. The molecule has 0 radical (unpaired) electrons. The third kappa shape index (κ3) is 5.30. The molecule has 0 bridgehead atoms. The molecule has 0 amide bonds. The highest BCUT2D eigenvalue weighted by atomic mass is 16.5. The molecule has 194 valence electrons. The molecular weight excluding hydrogens is 464 g/mol. The molecule has 2 aromatic heterocycles. The van der Waals surface area contributed by atoms with Crippen LogP contribution < -0.4 is 10.3 Å². The van der Waals surface area contributed by atoms with Crippen molar-refractivity contribution in [2.24, 2.45) is 0 Å². The minimum atomic E-state index is -0.0533. The quantitative estimate of drug-likeness (QED) is 0.331. The Bertz CT molecular complexity index is 1420. The molecule has 37 heavy (non-hydrogen) atoms. The van der Waals surface area contributed by atoms with Crippen molar-refractivity contribution in [3.8, 4) is 5.75 Å². The molecule has 1 atom stereocenters. The Morgan fingerprint density at radius 1 is 1.11 bits per heavy atom. The Hall–Kier alpha value is -3.52. The number of ether oxygens (including phenoxy) is 1. The number of tetrazole rings is 1. The van der Waals surface area contributed by atoms with E-state index in [-0.39, 0.29) is 11.6 Å². The highest BCUT2D eigenvalue weighted by molar-refractivity contribution is 5.83. The van der Waals surface area contributed by atoms with E-state index in [1.165, 1.54) is 12.8 Å². The third-order valence-corrected chi connectivity index (χ3v) is 7.62. The summed E-state index contributed by atoms with van der Waals surface area (Å²) in [6, 6.07) is 14.7. The van der Waals surface area contributed by atoms with Crippen LogP contribution in [0.1, 0.15) is 79.2 Å². The molecule has 0 saturated heterocycles. The SMILES string of the molecule is CC[C@H](c1nnnn1C1CCCC1)N(Cc1ccc(OC)cc1)Cc1cc2c(C)cc(C)cc2[nH]c1=O. The van der Waals surface area contributed by atoms with Crippen LogP contribution in [0.15, 0.2) is 47.3 Å². The van der Waals surface area contributed by atoms with Gasteiger partial charge in [0.2, 0.25) is 0 Å². The second-order valence-corrected chi connectivity index (χ2v) is 10.3. The number of methoxy groups -OCH3 is 1. The molecule has 4 aromatic rings. The van der Waals surface area contributed by atoms with Gasteiger partial charge in [-0.1, -0.05) is 38.0 Å². The maximum Gasteiger partial charge on any atom is 0.252 e. The number of nitrogens with one attached hydrogen (secondary N) is 1. The largest absolute Gasteiger partial charge is 0.497 e. The summed E-state index contributed by atoms with van der Waals surface area (Å²) in [5.74, 6) is 1.70. The molecule has 0 unspecified atom stereocenters. The number of aryl methyl sites for hydroxylation is 2. The lowest BCUT2D eigenvalue weighted by atomic mass is 10.0. The fourth-order valence-electron chi connectivity index (χ4n) is 5.73. The van der Waals surface area contributed by atoms with Crippen LogP contribution in [0, 0.1) is 13.8 Å². The highest BCUT2D eigenvalue weighted by Gasteiger charge is 2.29. The van der Waals surface area contributed by atoms with Crippen molar-refractivity contribution in [2.75, 3.05) is 7.11 Å². The predicted molar refractivity (Wildman–Crippen MR) is 145 cm³/mol. The van der Waals surface area contributed by atoms with Crippen LogP contribution in [0.5, 0.6) is 5.75 Å². The fraction of sp³-hybridized carbons (Fsp3) is 0.448. The first-order valence-corrected chi connectivity index (χ1v) is 13.2. The van der Waals surface area contributed by atoms with Crippen LogP contribution >= 0.6 is 0 Å². The minimum absolute atomic E-state index is 0.0353. The van der Waals surface area contributed by atoms with Gasteiger partial charge in [-0.3, -0.25) is 9.69 Å². The molecule has 1 N–H and O–H groups in total. The topological polar surface area (TPSA) is 88.9 Å². The molecule has 1 saturated carbocycles. The van der Waals surface area contributed by atoms with E-state index < -0.39 is 0 Å². The van der Waals surface area contributed by atoms with Crippen LogP contribution in [-0.4, -0.2) is 37.2 Å². The van der Waals surface area contributed by atoms with Crippen molar-refractivity contribution in [1.29, 1.82) is 0 Å². The third-order valence-electron chi connectivity index (χ3n) is 7.62. The van der Waals surface area contributed by atoms with Crippen molar-refractivity contribution in [3.63, 3.8) is 0 Å². The average molecular weight is 501 g/mol. The molecule has 5 rings (SSSR count). The molecule has 8 heteroatoms. The molecule has 1 aliphatic rings. The van der Waals surface area contributed by atoms with E-state index in [9.17, 15) is 4.79 Å². The number of hydrogen-bond acceptors (Lipinski definition) is 6. The first-order valence-electron chi connectivity index (χ1n) is 13.2. The number of pyridine rings is 1. The van der Waals surface area contributed by atoms with Gasteiger partial charge in [-0.05, 0) is 84.5 Å². The van der Waals surface area contributed by atoms with Gasteiger partial charge in [-0.2, -0.15) is 0 Å². The number of H-pyrrole nitrogens is 1. The number of rotatable bonds is 9. The minimum Gasteiger partial charge on any atom is -0.497 e. The molecule has 8 nitrogen and oxygen atoms in total. The van der Waals surface area contributed by atoms with Gasteiger partial charge in [-0.25, -0.2) is 4.68 Å². The summed E-state index contributed by atoms with van der Waals surface area (Å²) in [6.07, 6.45) is 5.46. The van der Waals surface area contributed by atoms with Crippen molar-refractivity contribution < 1.29 is 4.74 Å². The van der Waals surface area contributed by atoms with E-state index in [0.717, 1.165) is 64.0 Å². The lowest BCUT2D eigenvalue weighted by Gasteiger charge is -2.31. The average Bonchev–Trinajstić information content (AvgIpc) is 3.58. The summed E-state index contributed by atoms with van der Waals surface area (Å²) >= 11 is 0. The molecule has 0 spiro atoms. The Morgan fingerprint density at radius 3 is 2.57 bits per heavy atom. The molecule has 1 fully saturated rings. The maximum atomic E-state index is 13.3. The second-order valence-electron chi connectivity index (χ2n) is 10.3. The van der Waals surface area contributed by atoms with Gasteiger partial charge < -0.3 is 9.72 Å². The first-order chi connectivity index (χ1) is 18.0. The van der Waals surface area contributed by atoms with Crippen LogP contribution in [-0.2, 0) is 13.1 Å². The van der Waals surface area contributed by atoms with E-state index >= 15 is 0 Å². The van der Waals surface area contributed by atoms with Gasteiger partial charge in [0.25, 0.3) is 5.56 Å². The lowest BCUT2D eigenvalue weighted by molar-refractivity contribution is 0.158. The number of benzene rings is 2. The van der Waals surface area contributed by atoms with Crippen molar-refractivity contribution in [3.05, 3.63) is 80.9 Å². The standard InChI is InChI=1S/C29H36N6O2/c1-5-27(28-31-32-33-35(28)23-8-6-7-9-23)34(17-21-10-12-24(37-4)13-11-21)18-22-16-25-20(3)14-19(2)15-26(25)30-29(22)36/h10-16,23,27H,5-9,17-18H2,1-4H3,(H,30,36)/t27-/m1/s1. The van der Waals surface area contributed by atoms with Crippen LogP contribution in [0.25, 0.3) is 10.9 Å². The molecular formula is C29H36N6O2. The van der Waals surface area contributed by atoms with Crippen LogP contribution in [0.4, 0.5) is 0 Å². The van der Waals surface area contributed by atoms with Crippen LogP contribution in [0.3, 0.4) is 0 Å². The van der Waals surface area contributed by atoms with Gasteiger partial charge >= 0.3 is 0 Å². The van der Waals surface area contributed by atoms with E-state index in [4.69, 9.17) is 4.74 Å². The summed E-state index contributed by atoms with van der Waals surface area (Å²) < 4.78 is 7.40. The smallest absolute Gasteiger partial charge is 0.252 e. The van der Waals surface area contributed by atoms with E-state index in [1.54, 1.807) is 7.11 Å². The monoisotopic (exact) mass is 500 g/mol. The number of fused-ring (bicyclic) bond motifs is 1. The summed E-state index contributed by atoms with van der Waals surface area (Å²) in [6.45, 7) is 7.45. The summed E-state index contributed by atoms with van der Waals surface area (Å²) in [5.41, 5.74) is 5.01. The Balaban J connectivity index is 1.54. The zero-order valence-corrected chi connectivity index (χ0v) is 22.2. The van der Waals surface area contributed by atoms with Gasteiger partial charge in [0, 0.05) is 29.6 Å². The zero-order chi connectivity index (χ0) is 25.9. The Kier molecular flexibility index (Phi) is 7.37. The van der Waals surface area contributed by atoms with E-state index in [2.05, 4.69) is 70.4 Å². The normalized spacial score (nSPS) is 15.1. The van der Waals surface area contributed by atoms with Crippen molar-refractivity contribution in [1.82, 2.24) is 30.1 Å². The summed E-state index contributed by atoms with van der Waals surface area (Å²) in [5, 5.41) is 14.1. The predicted octanol–water partition coefficient (Wildman–Crippen LogP) is 5.41. The van der Waals surface area contributed by atoms with Gasteiger partial charge in [0.15, 0.2) is 5.82 Å². The van der Waals surface area contributed by atoms with Gasteiger partial charge in [0.05, 0.1) is 19.2 Å². The summed E-state index contributed by atoms with van der Waals surface area (Å²) in [7, 11) is 1.67. The molecule has 2 heterocycles. The number of nitrogens with zero attached hydrogens (tertiary/aromatic N) is 5. The lowest BCUT2D eigenvalue weighted by Crippen LogP contribution is -2.32. The van der Waals surface area contributed by atoms with Crippen molar-refractivity contribution in [2.45, 2.75) is 78.0 Å².